The van der Waals surface area contributed by atoms with Crippen LogP contribution < -0.4 is 0 Å². The van der Waals surface area contributed by atoms with Crippen molar-refractivity contribution in [1.82, 2.24) is 20.2 Å². The van der Waals surface area contributed by atoms with Crippen LogP contribution in [0.25, 0.3) is 11.8 Å². The Kier molecular flexibility index (Phi) is 4.90. The van der Waals surface area contributed by atoms with E-state index in [2.05, 4.69) is 15.4 Å². The van der Waals surface area contributed by atoms with Crippen molar-refractivity contribution >= 4 is 17.7 Å². The first-order valence-electron chi connectivity index (χ1n) is 6.20. The number of allylic oxidation sites excluding steroid dienone is 2. The van der Waals surface area contributed by atoms with E-state index in [1.807, 2.05) is 26.0 Å². The molecule has 0 amide bonds. The molecule has 0 aliphatic rings. The number of halogens is 1. The van der Waals surface area contributed by atoms with Gasteiger partial charge >= 0.3 is 0 Å². The molecule has 5 nitrogen and oxygen atoms in total. The maximum absolute atomic E-state index is 5.83. The highest BCUT2D eigenvalue weighted by molar-refractivity contribution is 6.30. The van der Waals surface area contributed by atoms with Gasteiger partial charge in [-0.2, -0.15) is 0 Å². The number of hydrogen-bond acceptors (Lipinski definition) is 4. The third-order valence-corrected chi connectivity index (χ3v) is 2.52. The fraction of sp³-hybridized carbons (Fsp3) is 0.214. The number of nitrogens with zero attached hydrogens (tertiary/aromatic N) is 4. The van der Waals surface area contributed by atoms with Crippen LogP contribution in [-0.2, 0) is 4.74 Å². The molecular formula is C14H15ClN4O. The average molecular weight is 291 g/mol. The van der Waals surface area contributed by atoms with E-state index < -0.39 is 0 Å². The minimum Gasteiger partial charge on any atom is -0.499 e. The summed E-state index contributed by atoms with van der Waals surface area (Å²) in [4.78, 5) is 1.45. The van der Waals surface area contributed by atoms with Crippen LogP contribution in [0.15, 0.2) is 42.7 Å². The highest BCUT2D eigenvalue weighted by atomic mass is 35.5. The van der Waals surface area contributed by atoms with E-state index in [4.69, 9.17) is 16.3 Å². The van der Waals surface area contributed by atoms with Crippen molar-refractivity contribution in [3.63, 3.8) is 0 Å². The lowest BCUT2D eigenvalue weighted by molar-refractivity contribution is 0.179. The summed E-state index contributed by atoms with van der Waals surface area (Å²) in [5.41, 5.74) is 0.806. The topological polar surface area (TPSA) is 52.8 Å². The van der Waals surface area contributed by atoms with Gasteiger partial charge < -0.3 is 4.74 Å². The molecule has 1 aromatic carbocycles. The molecule has 0 spiro atoms. The smallest absolute Gasteiger partial charge is 0.198 e. The molecule has 0 atom stereocenters. The molecule has 0 fully saturated rings. The molecule has 2 rings (SSSR count). The van der Waals surface area contributed by atoms with E-state index >= 15 is 0 Å². The van der Waals surface area contributed by atoms with Gasteiger partial charge in [-0.05, 0) is 55.5 Å². The minimum absolute atomic E-state index is 0.170. The molecule has 0 unspecified atom stereocenters. The highest BCUT2D eigenvalue weighted by Crippen LogP contribution is 2.11. The SMILES string of the molecule is CC(C)O/C=C/C=C\c1nnn(-c2ccc(Cl)cc2)n1. The predicted molar refractivity (Wildman–Crippen MR) is 78.6 cm³/mol. The summed E-state index contributed by atoms with van der Waals surface area (Å²) in [6.07, 6.45) is 7.13. The Morgan fingerprint density at radius 2 is 1.95 bits per heavy atom. The van der Waals surface area contributed by atoms with Gasteiger partial charge in [-0.3, -0.25) is 0 Å². The van der Waals surface area contributed by atoms with Crippen molar-refractivity contribution in [2.75, 3.05) is 0 Å². The number of rotatable bonds is 5. The summed E-state index contributed by atoms with van der Waals surface area (Å²) in [7, 11) is 0. The van der Waals surface area contributed by atoms with Gasteiger partial charge in [-0.15, -0.1) is 15.0 Å². The maximum Gasteiger partial charge on any atom is 0.198 e. The lowest BCUT2D eigenvalue weighted by Crippen LogP contribution is -1.98. The van der Waals surface area contributed by atoms with Crippen molar-refractivity contribution in [2.24, 2.45) is 0 Å². The minimum atomic E-state index is 0.170. The van der Waals surface area contributed by atoms with E-state index in [9.17, 15) is 0 Å². The van der Waals surface area contributed by atoms with Crippen molar-refractivity contribution in [3.05, 3.63) is 53.5 Å². The van der Waals surface area contributed by atoms with E-state index in [0.717, 1.165) is 5.69 Å². The lowest BCUT2D eigenvalue weighted by Gasteiger charge is -2.00. The highest BCUT2D eigenvalue weighted by Gasteiger charge is 2.01. The molecule has 104 valence electrons. The second-order valence-corrected chi connectivity index (χ2v) is 4.72. The van der Waals surface area contributed by atoms with Crippen LogP contribution in [-0.4, -0.2) is 26.3 Å². The van der Waals surface area contributed by atoms with Crippen LogP contribution in [0.2, 0.25) is 5.02 Å². The second-order valence-electron chi connectivity index (χ2n) is 4.29. The van der Waals surface area contributed by atoms with Crippen LogP contribution in [0.5, 0.6) is 0 Å². The summed E-state index contributed by atoms with van der Waals surface area (Å²) in [6, 6.07) is 7.21. The summed E-state index contributed by atoms with van der Waals surface area (Å²) in [6.45, 7) is 3.93. The summed E-state index contributed by atoms with van der Waals surface area (Å²) in [5, 5.41) is 12.8. The number of benzene rings is 1. The van der Waals surface area contributed by atoms with Crippen molar-refractivity contribution < 1.29 is 4.74 Å². The third-order valence-electron chi connectivity index (χ3n) is 2.27. The van der Waals surface area contributed by atoms with E-state index in [-0.39, 0.29) is 6.10 Å². The normalized spacial score (nSPS) is 11.8. The zero-order valence-corrected chi connectivity index (χ0v) is 12.0. The monoisotopic (exact) mass is 290 g/mol. The van der Waals surface area contributed by atoms with E-state index in [0.29, 0.717) is 10.8 Å². The summed E-state index contributed by atoms with van der Waals surface area (Å²) >= 11 is 5.83. The van der Waals surface area contributed by atoms with Crippen molar-refractivity contribution in [3.8, 4) is 5.69 Å². The maximum atomic E-state index is 5.83. The molecule has 6 heteroatoms. The Hall–Kier alpha value is -2.14. The third kappa shape index (κ3) is 4.20. The van der Waals surface area contributed by atoms with Gasteiger partial charge in [0.25, 0.3) is 0 Å². The van der Waals surface area contributed by atoms with Gasteiger partial charge in [0, 0.05) is 5.02 Å². The van der Waals surface area contributed by atoms with E-state index in [1.165, 1.54) is 4.80 Å². The Morgan fingerprint density at radius 3 is 2.65 bits per heavy atom. The van der Waals surface area contributed by atoms with Crippen LogP contribution in [0, 0.1) is 0 Å². The standard InChI is InChI=1S/C14H15ClN4O/c1-11(2)20-10-4-3-5-14-16-18-19(17-14)13-8-6-12(15)7-9-13/h3-11H,1-2H3/b5-3-,10-4+. The number of tetrazole rings is 1. The van der Waals surface area contributed by atoms with Gasteiger partial charge in [-0.25, -0.2) is 0 Å². The van der Waals surface area contributed by atoms with Crippen LogP contribution >= 0.6 is 11.6 Å². The fourth-order valence-electron chi connectivity index (χ4n) is 1.37. The largest absolute Gasteiger partial charge is 0.499 e. The average Bonchev–Trinajstić information content (AvgIpc) is 2.87. The molecule has 20 heavy (non-hydrogen) atoms. The van der Waals surface area contributed by atoms with Crippen molar-refractivity contribution in [1.29, 1.82) is 0 Å². The number of hydrogen-bond donors (Lipinski definition) is 0. The molecule has 0 radical (unpaired) electrons. The Balaban J connectivity index is 2.00. The van der Waals surface area contributed by atoms with Gasteiger partial charge in [0.05, 0.1) is 18.1 Å². The number of ether oxygens (including phenoxy) is 1. The molecule has 0 aliphatic carbocycles. The first kappa shape index (κ1) is 14.3. The van der Waals surface area contributed by atoms with E-state index in [1.54, 1.807) is 36.6 Å². The van der Waals surface area contributed by atoms with Gasteiger partial charge in [-0.1, -0.05) is 17.7 Å². The summed E-state index contributed by atoms with van der Waals surface area (Å²) < 4.78 is 5.26. The molecule has 2 aromatic rings. The predicted octanol–water partition coefficient (Wildman–Crippen LogP) is 3.27. The fourth-order valence-corrected chi connectivity index (χ4v) is 1.49. The van der Waals surface area contributed by atoms with Gasteiger partial charge in [0.1, 0.15) is 0 Å². The van der Waals surface area contributed by atoms with Crippen LogP contribution in [0.4, 0.5) is 0 Å². The quantitative estimate of drug-likeness (QED) is 0.626. The Bertz CT molecular complexity index is 602. The molecule has 0 aliphatic heterocycles. The Morgan fingerprint density at radius 1 is 1.20 bits per heavy atom. The van der Waals surface area contributed by atoms with Gasteiger partial charge in [0.15, 0.2) is 5.82 Å². The number of aromatic nitrogens is 4. The first-order valence-corrected chi connectivity index (χ1v) is 6.57. The molecule has 1 heterocycles. The zero-order valence-electron chi connectivity index (χ0n) is 11.3. The zero-order chi connectivity index (χ0) is 14.4. The molecular weight excluding hydrogens is 276 g/mol. The molecule has 0 bridgehead atoms. The first-order chi connectivity index (χ1) is 9.65. The molecule has 0 N–H and O–H groups in total. The van der Waals surface area contributed by atoms with Crippen molar-refractivity contribution in [2.45, 2.75) is 20.0 Å². The molecule has 0 saturated carbocycles. The Labute approximate surface area is 122 Å². The van der Waals surface area contributed by atoms with Gasteiger partial charge in [0.2, 0.25) is 0 Å². The molecule has 0 saturated heterocycles. The lowest BCUT2D eigenvalue weighted by atomic mass is 10.3. The van der Waals surface area contributed by atoms with Crippen LogP contribution in [0.1, 0.15) is 19.7 Å². The second kappa shape index (κ2) is 6.86. The summed E-state index contributed by atoms with van der Waals surface area (Å²) in [5.74, 6) is 0.522. The molecule has 1 aromatic heterocycles. The van der Waals surface area contributed by atoms with Crippen LogP contribution in [0.3, 0.4) is 0 Å².